The number of sulfonamides is 1. The fourth-order valence-corrected chi connectivity index (χ4v) is 3.05. The molecule has 0 heterocycles. The van der Waals surface area contributed by atoms with E-state index in [0.717, 1.165) is 18.2 Å². The van der Waals surface area contributed by atoms with Gasteiger partial charge in [0.05, 0.1) is 29.2 Å². The third-order valence-corrected chi connectivity index (χ3v) is 4.26. The second-order valence-electron chi connectivity index (χ2n) is 4.48. The van der Waals surface area contributed by atoms with Gasteiger partial charge in [-0.2, -0.15) is 13.2 Å². The van der Waals surface area contributed by atoms with Crippen LogP contribution in [-0.4, -0.2) is 37.4 Å². The zero-order valence-electron chi connectivity index (χ0n) is 10.5. The molecule has 9 heteroatoms. The Bertz CT molecular complexity index is 567. The Morgan fingerprint density at radius 2 is 1.65 bits per heavy atom. The molecule has 0 atom stereocenters. The highest BCUT2D eigenvalue weighted by Crippen LogP contribution is 2.34. The molecule has 1 aromatic rings. The van der Waals surface area contributed by atoms with E-state index < -0.39 is 45.4 Å². The predicted molar refractivity (Wildman–Crippen MR) is 64.3 cm³/mol. The van der Waals surface area contributed by atoms with Crippen molar-refractivity contribution < 1.29 is 31.8 Å². The molecule has 0 saturated heterocycles. The molecule has 0 aliphatic rings. The van der Waals surface area contributed by atoms with Crippen LogP contribution in [0.1, 0.15) is 12.5 Å². The molecule has 20 heavy (non-hydrogen) atoms. The summed E-state index contributed by atoms with van der Waals surface area (Å²) < 4.78 is 64.2. The number of rotatable bonds is 5. The summed E-state index contributed by atoms with van der Waals surface area (Å²) in [6, 6.07) is 3.67. The van der Waals surface area contributed by atoms with Gasteiger partial charge in [0.15, 0.2) is 0 Å². The standard InChI is InChI=1S/C11H14F3NO4S/c1-10(6-16,7-17)15-20(18,19)9-5-3-2-4-8(9)11(12,13)14/h2-5,15-17H,6-7H2,1H3. The number of benzene rings is 1. The monoisotopic (exact) mass is 313 g/mol. The van der Waals surface area contributed by atoms with Gasteiger partial charge < -0.3 is 10.2 Å². The number of nitrogens with one attached hydrogen (secondary N) is 1. The Morgan fingerprint density at radius 3 is 2.10 bits per heavy atom. The van der Waals surface area contributed by atoms with Gasteiger partial charge in [-0.1, -0.05) is 12.1 Å². The van der Waals surface area contributed by atoms with E-state index in [2.05, 4.69) is 0 Å². The summed E-state index contributed by atoms with van der Waals surface area (Å²) in [5.74, 6) is 0. The van der Waals surface area contributed by atoms with E-state index in [1.165, 1.54) is 6.92 Å². The van der Waals surface area contributed by atoms with Crippen molar-refractivity contribution in [1.82, 2.24) is 4.72 Å². The zero-order chi connectivity index (χ0) is 15.6. The molecule has 5 nitrogen and oxygen atoms in total. The van der Waals surface area contributed by atoms with Gasteiger partial charge in [-0.05, 0) is 19.1 Å². The number of halogens is 3. The van der Waals surface area contributed by atoms with Crippen LogP contribution in [-0.2, 0) is 16.2 Å². The Kier molecular flexibility index (Phi) is 4.80. The fraction of sp³-hybridized carbons (Fsp3) is 0.455. The maximum absolute atomic E-state index is 12.8. The average molecular weight is 313 g/mol. The molecule has 3 N–H and O–H groups in total. The van der Waals surface area contributed by atoms with E-state index in [-0.39, 0.29) is 0 Å². The quantitative estimate of drug-likeness (QED) is 0.748. The van der Waals surface area contributed by atoms with Crippen LogP contribution in [0.25, 0.3) is 0 Å². The topological polar surface area (TPSA) is 86.6 Å². The normalized spacial score (nSPS) is 13.5. The highest BCUT2D eigenvalue weighted by atomic mass is 32.2. The Labute approximate surface area is 114 Å². The summed E-state index contributed by atoms with van der Waals surface area (Å²) in [6.07, 6.45) is -4.83. The minimum atomic E-state index is -4.83. The molecular formula is C11H14F3NO4S. The predicted octanol–water partition coefficient (Wildman–Crippen LogP) is 0.727. The minimum Gasteiger partial charge on any atom is -0.394 e. The molecule has 1 rings (SSSR count). The van der Waals surface area contributed by atoms with E-state index in [9.17, 15) is 21.6 Å². The minimum absolute atomic E-state index is 0.643. The lowest BCUT2D eigenvalue weighted by Crippen LogP contribution is -2.51. The van der Waals surface area contributed by atoms with Gasteiger partial charge in [-0.25, -0.2) is 13.1 Å². The largest absolute Gasteiger partial charge is 0.417 e. The molecule has 0 fully saturated rings. The maximum atomic E-state index is 12.8. The van der Waals surface area contributed by atoms with Gasteiger partial charge in [0.25, 0.3) is 0 Å². The number of alkyl halides is 3. The summed E-state index contributed by atoms with van der Waals surface area (Å²) in [4.78, 5) is -0.958. The van der Waals surface area contributed by atoms with Gasteiger partial charge in [0.2, 0.25) is 10.0 Å². The van der Waals surface area contributed by atoms with Gasteiger partial charge in [0, 0.05) is 0 Å². The van der Waals surface area contributed by atoms with Crippen LogP contribution in [0.4, 0.5) is 13.2 Å². The molecule has 0 saturated carbocycles. The second kappa shape index (κ2) is 5.68. The summed E-state index contributed by atoms with van der Waals surface area (Å²) in [5.41, 5.74) is -2.97. The first-order chi connectivity index (χ1) is 9.06. The first-order valence-electron chi connectivity index (χ1n) is 5.48. The smallest absolute Gasteiger partial charge is 0.394 e. The molecule has 0 radical (unpaired) electrons. The van der Waals surface area contributed by atoms with Crippen LogP contribution in [0.2, 0.25) is 0 Å². The molecule has 0 aliphatic heterocycles. The Morgan fingerprint density at radius 1 is 1.15 bits per heavy atom. The van der Waals surface area contributed by atoms with Gasteiger partial charge in [-0.3, -0.25) is 0 Å². The first kappa shape index (κ1) is 16.9. The van der Waals surface area contributed by atoms with Gasteiger partial charge in [0.1, 0.15) is 0 Å². The van der Waals surface area contributed by atoms with Crippen molar-refractivity contribution in [3.8, 4) is 0 Å². The first-order valence-corrected chi connectivity index (χ1v) is 6.96. The summed E-state index contributed by atoms with van der Waals surface area (Å²) in [6.45, 7) is -0.366. The highest BCUT2D eigenvalue weighted by molar-refractivity contribution is 7.89. The molecule has 0 amide bonds. The second-order valence-corrected chi connectivity index (χ2v) is 6.13. The van der Waals surface area contributed by atoms with Crippen molar-refractivity contribution in [3.05, 3.63) is 29.8 Å². The molecule has 114 valence electrons. The number of hydrogen-bond donors (Lipinski definition) is 3. The molecule has 1 aromatic carbocycles. The molecule has 0 spiro atoms. The lowest BCUT2D eigenvalue weighted by atomic mass is 10.1. The number of aliphatic hydroxyl groups excluding tert-OH is 2. The fourth-order valence-electron chi connectivity index (χ4n) is 1.43. The summed E-state index contributed by atoms with van der Waals surface area (Å²) in [7, 11) is -4.55. The number of hydrogen-bond acceptors (Lipinski definition) is 4. The lowest BCUT2D eigenvalue weighted by Gasteiger charge is -2.26. The molecule has 0 aliphatic carbocycles. The van der Waals surface area contributed by atoms with Crippen molar-refractivity contribution in [2.75, 3.05) is 13.2 Å². The Hall–Kier alpha value is -1.16. The van der Waals surface area contributed by atoms with E-state index in [1.54, 1.807) is 0 Å². The van der Waals surface area contributed by atoms with Crippen LogP contribution in [0.5, 0.6) is 0 Å². The van der Waals surface area contributed by atoms with Crippen molar-refractivity contribution in [2.45, 2.75) is 23.5 Å². The zero-order valence-corrected chi connectivity index (χ0v) is 11.3. The molecule has 0 aromatic heterocycles. The molecular weight excluding hydrogens is 299 g/mol. The van der Waals surface area contributed by atoms with Crippen molar-refractivity contribution in [2.24, 2.45) is 0 Å². The van der Waals surface area contributed by atoms with E-state index in [0.29, 0.717) is 6.07 Å². The summed E-state index contributed by atoms with van der Waals surface area (Å²) >= 11 is 0. The van der Waals surface area contributed by atoms with Crippen LogP contribution in [0.3, 0.4) is 0 Å². The van der Waals surface area contributed by atoms with Crippen molar-refractivity contribution >= 4 is 10.0 Å². The third kappa shape index (κ3) is 3.69. The number of aliphatic hydroxyl groups is 2. The van der Waals surface area contributed by atoms with Crippen LogP contribution in [0, 0.1) is 0 Å². The van der Waals surface area contributed by atoms with E-state index >= 15 is 0 Å². The maximum Gasteiger partial charge on any atom is 0.417 e. The highest BCUT2D eigenvalue weighted by Gasteiger charge is 2.39. The summed E-state index contributed by atoms with van der Waals surface area (Å²) in [5, 5.41) is 18.0. The van der Waals surface area contributed by atoms with Crippen molar-refractivity contribution in [1.29, 1.82) is 0 Å². The van der Waals surface area contributed by atoms with E-state index in [1.807, 2.05) is 4.72 Å². The molecule has 0 unspecified atom stereocenters. The SMILES string of the molecule is CC(CO)(CO)NS(=O)(=O)c1ccccc1C(F)(F)F. The van der Waals surface area contributed by atoms with E-state index in [4.69, 9.17) is 10.2 Å². The van der Waals surface area contributed by atoms with Crippen LogP contribution >= 0.6 is 0 Å². The van der Waals surface area contributed by atoms with Crippen LogP contribution < -0.4 is 4.72 Å². The van der Waals surface area contributed by atoms with Gasteiger partial charge in [-0.15, -0.1) is 0 Å². The Balaban J connectivity index is 3.31. The third-order valence-electron chi connectivity index (χ3n) is 2.56. The van der Waals surface area contributed by atoms with Crippen molar-refractivity contribution in [3.63, 3.8) is 0 Å². The lowest BCUT2D eigenvalue weighted by molar-refractivity contribution is -0.139. The molecule has 0 bridgehead atoms. The van der Waals surface area contributed by atoms with Crippen LogP contribution in [0.15, 0.2) is 29.2 Å². The average Bonchev–Trinajstić information content (AvgIpc) is 2.37. The van der Waals surface area contributed by atoms with Gasteiger partial charge >= 0.3 is 6.18 Å².